The topological polar surface area (TPSA) is 70.1 Å². The number of aromatic nitrogens is 2. The number of halogens is 1. The van der Waals surface area contributed by atoms with E-state index in [1.165, 1.54) is 12.1 Å². The number of nitrogens with zero attached hydrogens (tertiary/aromatic N) is 2. The zero-order valence-corrected chi connectivity index (χ0v) is 9.76. The molecule has 1 aromatic carbocycles. The molecule has 18 heavy (non-hydrogen) atoms. The van der Waals surface area contributed by atoms with Crippen LogP contribution in [0.1, 0.15) is 15.9 Å². The molecule has 1 aromatic heterocycles. The van der Waals surface area contributed by atoms with Crippen LogP contribution in [-0.2, 0) is 18.4 Å². The van der Waals surface area contributed by atoms with Gasteiger partial charge < -0.3 is 10.5 Å². The van der Waals surface area contributed by atoms with Gasteiger partial charge in [0.05, 0.1) is 17.4 Å². The van der Waals surface area contributed by atoms with E-state index in [9.17, 15) is 9.18 Å². The summed E-state index contributed by atoms with van der Waals surface area (Å²) in [7, 11) is 1.76. The first-order valence-corrected chi connectivity index (χ1v) is 5.26. The van der Waals surface area contributed by atoms with Crippen LogP contribution in [0.15, 0.2) is 30.6 Å². The molecule has 2 aromatic rings. The zero-order chi connectivity index (χ0) is 13.1. The van der Waals surface area contributed by atoms with Gasteiger partial charge in [-0.25, -0.2) is 9.18 Å². The van der Waals surface area contributed by atoms with Gasteiger partial charge in [-0.1, -0.05) is 0 Å². The van der Waals surface area contributed by atoms with Crippen LogP contribution in [0.2, 0.25) is 0 Å². The molecular formula is C12H12FN3O2. The van der Waals surface area contributed by atoms with Crippen LogP contribution >= 0.6 is 0 Å². The van der Waals surface area contributed by atoms with E-state index in [4.69, 9.17) is 10.5 Å². The molecule has 0 saturated carbocycles. The number of benzene rings is 1. The van der Waals surface area contributed by atoms with Crippen LogP contribution in [0.4, 0.5) is 10.1 Å². The van der Waals surface area contributed by atoms with E-state index in [1.807, 2.05) is 0 Å². The molecule has 2 N–H and O–H groups in total. The molecule has 0 fully saturated rings. The molecule has 0 radical (unpaired) electrons. The van der Waals surface area contributed by atoms with Gasteiger partial charge in [-0.2, -0.15) is 5.10 Å². The number of nitrogens with two attached hydrogens (primary N) is 1. The third-order valence-electron chi connectivity index (χ3n) is 2.36. The maximum absolute atomic E-state index is 13.2. The number of anilines is 1. The first-order valence-electron chi connectivity index (χ1n) is 5.26. The molecule has 0 bridgehead atoms. The van der Waals surface area contributed by atoms with E-state index >= 15 is 0 Å². The fourth-order valence-corrected chi connectivity index (χ4v) is 1.43. The molecule has 6 heteroatoms. The number of hydrogen-bond acceptors (Lipinski definition) is 4. The Hall–Kier alpha value is -2.37. The highest BCUT2D eigenvalue weighted by Crippen LogP contribution is 2.13. The lowest BCUT2D eigenvalue weighted by Gasteiger charge is -2.04. The largest absolute Gasteiger partial charge is 0.457 e. The van der Waals surface area contributed by atoms with Gasteiger partial charge in [0.25, 0.3) is 0 Å². The van der Waals surface area contributed by atoms with Crippen molar-refractivity contribution in [2.75, 3.05) is 5.73 Å². The Morgan fingerprint density at radius 3 is 2.94 bits per heavy atom. The molecule has 2 rings (SSSR count). The van der Waals surface area contributed by atoms with Crippen LogP contribution in [-0.4, -0.2) is 15.7 Å². The molecule has 0 aliphatic rings. The van der Waals surface area contributed by atoms with Gasteiger partial charge in [0.15, 0.2) is 0 Å². The van der Waals surface area contributed by atoms with Crippen molar-refractivity contribution < 1.29 is 13.9 Å². The highest BCUT2D eigenvalue weighted by Gasteiger charge is 2.10. The van der Waals surface area contributed by atoms with Crippen LogP contribution < -0.4 is 5.73 Å². The van der Waals surface area contributed by atoms with Crippen molar-refractivity contribution in [2.45, 2.75) is 6.61 Å². The van der Waals surface area contributed by atoms with Crippen LogP contribution in [0.5, 0.6) is 0 Å². The Kier molecular flexibility index (Phi) is 3.27. The lowest BCUT2D eigenvalue weighted by molar-refractivity contribution is 0.0472. The predicted molar refractivity (Wildman–Crippen MR) is 63.1 cm³/mol. The fraction of sp³-hybridized carbons (Fsp3) is 0.167. The first kappa shape index (κ1) is 12.1. The summed E-state index contributed by atoms with van der Waals surface area (Å²) < 4.78 is 19.8. The van der Waals surface area contributed by atoms with E-state index in [2.05, 4.69) is 5.10 Å². The fourth-order valence-electron chi connectivity index (χ4n) is 1.43. The SMILES string of the molecule is Cn1cc(COC(=O)c2ccc(N)c(F)c2)cn1. The number of rotatable bonds is 3. The highest BCUT2D eigenvalue weighted by atomic mass is 19.1. The number of ether oxygens (including phenoxy) is 1. The second-order valence-corrected chi connectivity index (χ2v) is 3.83. The van der Waals surface area contributed by atoms with E-state index in [0.29, 0.717) is 0 Å². The van der Waals surface area contributed by atoms with Crippen molar-refractivity contribution in [3.05, 3.63) is 47.5 Å². The maximum Gasteiger partial charge on any atom is 0.338 e. The normalized spacial score (nSPS) is 10.3. The van der Waals surface area contributed by atoms with E-state index in [1.54, 1.807) is 24.1 Å². The number of carbonyl (C=O) groups is 1. The number of carbonyl (C=O) groups excluding carboxylic acids is 1. The third-order valence-corrected chi connectivity index (χ3v) is 2.36. The van der Waals surface area contributed by atoms with Crippen molar-refractivity contribution in [2.24, 2.45) is 7.05 Å². The van der Waals surface area contributed by atoms with Gasteiger partial charge in [-0.05, 0) is 18.2 Å². The molecule has 0 saturated heterocycles. The Labute approximate surface area is 103 Å². The molecule has 94 valence electrons. The molecule has 5 nitrogen and oxygen atoms in total. The average Bonchev–Trinajstić information content (AvgIpc) is 2.75. The van der Waals surface area contributed by atoms with Crippen LogP contribution in [0.25, 0.3) is 0 Å². The van der Waals surface area contributed by atoms with Gasteiger partial charge in [0.2, 0.25) is 0 Å². The number of nitrogen functional groups attached to an aromatic ring is 1. The summed E-state index contributed by atoms with van der Waals surface area (Å²) in [6, 6.07) is 3.81. The van der Waals surface area contributed by atoms with Crippen molar-refractivity contribution in [1.29, 1.82) is 0 Å². The number of hydrogen-bond donors (Lipinski definition) is 1. The first-order chi connectivity index (χ1) is 8.56. The average molecular weight is 249 g/mol. The zero-order valence-electron chi connectivity index (χ0n) is 9.76. The Morgan fingerprint density at radius 2 is 2.33 bits per heavy atom. The third kappa shape index (κ3) is 2.65. The molecule has 1 heterocycles. The molecule has 0 aliphatic heterocycles. The second kappa shape index (κ2) is 4.87. The molecule has 0 unspecified atom stereocenters. The van der Waals surface area contributed by atoms with Crippen molar-refractivity contribution in [3.8, 4) is 0 Å². The number of aryl methyl sites for hydroxylation is 1. The minimum atomic E-state index is -0.633. The quantitative estimate of drug-likeness (QED) is 0.661. The Morgan fingerprint density at radius 1 is 1.56 bits per heavy atom. The molecule has 0 aliphatic carbocycles. The summed E-state index contributed by atoms with van der Waals surface area (Å²) in [5.74, 6) is -1.23. The van der Waals surface area contributed by atoms with Crippen molar-refractivity contribution >= 4 is 11.7 Å². The Bertz CT molecular complexity index is 580. The summed E-state index contributed by atoms with van der Waals surface area (Å²) in [6.07, 6.45) is 3.33. The van der Waals surface area contributed by atoms with E-state index in [0.717, 1.165) is 11.6 Å². The summed E-state index contributed by atoms with van der Waals surface area (Å²) in [5.41, 5.74) is 6.21. The second-order valence-electron chi connectivity index (χ2n) is 3.83. The minimum absolute atomic E-state index is 0.00110. The lowest BCUT2D eigenvalue weighted by Crippen LogP contribution is -2.06. The van der Waals surface area contributed by atoms with Gasteiger partial charge in [-0.3, -0.25) is 4.68 Å². The van der Waals surface area contributed by atoms with Gasteiger partial charge in [0, 0.05) is 18.8 Å². The molecular weight excluding hydrogens is 237 g/mol. The van der Waals surface area contributed by atoms with E-state index in [-0.39, 0.29) is 17.9 Å². The highest BCUT2D eigenvalue weighted by molar-refractivity contribution is 5.89. The standard InChI is InChI=1S/C12H12FN3O2/c1-16-6-8(5-15-16)7-18-12(17)9-2-3-11(14)10(13)4-9/h2-6H,7,14H2,1H3. The van der Waals surface area contributed by atoms with Crippen molar-refractivity contribution in [3.63, 3.8) is 0 Å². The minimum Gasteiger partial charge on any atom is -0.457 e. The van der Waals surface area contributed by atoms with Crippen LogP contribution in [0.3, 0.4) is 0 Å². The van der Waals surface area contributed by atoms with Crippen LogP contribution in [0, 0.1) is 5.82 Å². The summed E-state index contributed by atoms with van der Waals surface area (Å²) in [6.45, 7) is 0.0959. The Balaban J connectivity index is 2.01. The van der Waals surface area contributed by atoms with Gasteiger partial charge >= 0.3 is 5.97 Å². The number of esters is 1. The molecule has 0 atom stereocenters. The summed E-state index contributed by atoms with van der Waals surface area (Å²) >= 11 is 0. The monoisotopic (exact) mass is 249 g/mol. The summed E-state index contributed by atoms with van der Waals surface area (Å²) in [4.78, 5) is 11.6. The predicted octanol–water partition coefficient (Wildman–Crippen LogP) is 1.50. The van der Waals surface area contributed by atoms with Crippen molar-refractivity contribution in [1.82, 2.24) is 9.78 Å². The maximum atomic E-state index is 13.2. The molecule has 0 amide bonds. The summed E-state index contributed by atoms with van der Waals surface area (Å²) in [5, 5.41) is 3.94. The lowest BCUT2D eigenvalue weighted by atomic mass is 10.2. The molecule has 0 spiro atoms. The smallest absolute Gasteiger partial charge is 0.338 e. The van der Waals surface area contributed by atoms with Gasteiger partial charge in [0.1, 0.15) is 12.4 Å². The van der Waals surface area contributed by atoms with E-state index < -0.39 is 11.8 Å². The van der Waals surface area contributed by atoms with Gasteiger partial charge in [-0.15, -0.1) is 0 Å².